The van der Waals surface area contributed by atoms with Gasteiger partial charge < -0.3 is 10.2 Å². The number of hydrogen-bond acceptors (Lipinski definition) is 4. The van der Waals surface area contributed by atoms with E-state index in [0.29, 0.717) is 5.69 Å². The Kier molecular flexibility index (Phi) is 10.1. The molecule has 0 aromatic heterocycles. The van der Waals surface area contributed by atoms with Gasteiger partial charge in [0.15, 0.2) is 0 Å². The van der Waals surface area contributed by atoms with E-state index in [-0.39, 0.29) is 23.4 Å². The molecule has 0 saturated heterocycles. The molecule has 3 aromatic rings. The van der Waals surface area contributed by atoms with Crippen molar-refractivity contribution in [2.75, 3.05) is 10.8 Å². The largest absolute Gasteiger partial charge is 0.352 e. The lowest BCUT2D eigenvalue weighted by Gasteiger charge is -2.32. The number of rotatable bonds is 11. The molecule has 8 heteroatoms. The molecule has 7 nitrogen and oxygen atoms in total. The third kappa shape index (κ3) is 7.72. The highest BCUT2D eigenvalue weighted by atomic mass is 32.2. The standard InChI is InChI=1S/C32H41N3O4S/c1-8-26(6)33-32(37)27(7)34(20-28-11-9-10-23(3)17-28)31(36)21-35(29-18-24(4)16-25(5)19-29)40(38,39)30-14-12-22(2)13-15-30/h9-19,26-27H,8,20-21H2,1-7H3,(H,33,37)/t26-,27+/m1/s1. The van der Waals surface area contributed by atoms with Crippen molar-refractivity contribution in [2.24, 2.45) is 0 Å². The van der Waals surface area contributed by atoms with Gasteiger partial charge in [0.25, 0.3) is 10.0 Å². The average Bonchev–Trinajstić information content (AvgIpc) is 2.89. The van der Waals surface area contributed by atoms with E-state index in [1.165, 1.54) is 4.90 Å². The van der Waals surface area contributed by atoms with Crippen LogP contribution in [0.4, 0.5) is 5.69 Å². The maximum Gasteiger partial charge on any atom is 0.264 e. The maximum absolute atomic E-state index is 14.1. The predicted octanol–water partition coefficient (Wildman–Crippen LogP) is 5.45. The summed E-state index contributed by atoms with van der Waals surface area (Å²) < 4.78 is 29.1. The summed E-state index contributed by atoms with van der Waals surface area (Å²) >= 11 is 0. The Balaban J connectivity index is 2.06. The van der Waals surface area contributed by atoms with Crippen LogP contribution in [0.3, 0.4) is 0 Å². The highest BCUT2D eigenvalue weighted by molar-refractivity contribution is 7.92. The number of aryl methyl sites for hydroxylation is 4. The molecule has 1 N–H and O–H groups in total. The van der Waals surface area contributed by atoms with Gasteiger partial charge in [-0.25, -0.2) is 8.42 Å². The maximum atomic E-state index is 14.1. The second-order valence-corrected chi connectivity index (χ2v) is 12.5. The summed E-state index contributed by atoms with van der Waals surface area (Å²) in [6, 6.07) is 18.9. The van der Waals surface area contributed by atoms with Gasteiger partial charge in [-0.3, -0.25) is 13.9 Å². The van der Waals surface area contributed by atoms with E-state index in [4.69, 9.17) is 0 Å². The molecule has 0 fully saturated rings. The lowest BCUT2D eigenvalue weighted by molar-refractivity contribution is -0.139. The van der Waals surface area contributed by atoms with Crippen molar-refractivity contribution in [3.8, 4) is 0 Å². The summed E-state index contributed by atoms with van der Waals surface area (Å²) in [6.45, 7) is 12.9. The van der Waals surface area contributed by atoms with Gasteiger partial charge in [0, 0.05) is 12.6 Å². The van der Waals surface area contributed by atoms with E-state index >= 15 is 0 Å². The average molecular weight is 564 g/mol. The van der Waals surface area contributed by atoms with E-state index in [2.05, 4.69) is 5.32 Å². The Bertz CT molecular complexity index is 1430. The molecule has 0 heterocycles. The summed E-state index contributed by atoms with van der Waals surface area (Å²) in [4.78, 5) is 28.8. The number of carbonyl (C=O) groups is 2. The van der Waals surface area contributed by atoms with Crippen molar-refractivity contribution in [3.63, 3.8) is 0 Å². The van der Waals surface area contributed by atoms with Crippen LogP contribution in [0.15, 0.2) is 71.6 Å². The van der Waals surface area contributed by atoms with Crippen molar-refractivity contribution >= 4 is 27.5 Å². The number of nitrogens with zero attached hydrogens (tertiary/aromatic N) is 2. The van der Waals surface area contributed by atoms with Crippen molar-refractivity contribution in [2.45, 2.75) is 78.4 Å². The Morgan fingerprint density at radius 1 is 0.825 bits per heavy atom. The molecule has 0 aliphatic carbocycles. The van der Waals surface area contributed by atoms with Crippen LogP contribution >= 0.6 is 0 Å². The fourth-order valence-electron chi connectivity index (χ4n) is 4.52. The fraction of sp³-hybridized carbons (Fsp3) is 0.375. The first-order valence-corrected chi connectivity index (χ1v) is 15.1. The van der Waals surface area contributed by atoms with Crippen molar-refractivity contribution in [3.05, 3.63) is 94.5 Å². The van der Waals surface area contributed by atoms with Crippen LogP contribution in [0.5, 0.6) is 0 Å². The van der Waals surface area contributed by atoms with Crippen LogP contribution in [-0.2, 0) is 26.2 Å². The molecule has 0 spiro atoms. The van der Waals surface area contributed by atoms with Gasteiger partial charge in [-0.05, 0) is 88.9 Å². The first-order chi connectivity index (χ1) is 18.8. The van der Waals surface area contributed by atoms with Crippen LogP contribution in [0.25, 0.3) is 0 Å². The molecule has 0 aliphatic rings. The molecule has 214 valence electrons. The molecule has 0 radical (unpaired) electrons. The summed E-state index contributed by atoms with van der Waals surface area (Å²) in [5.41, 5.74) is 4.97. The summed E-state index contributed by atoms with van der Waals surface area (Å²) in [5, 5.41) is 2.96. The van der Waals surface area contributed by atoms with E-state index in [9.17, 15) is 18.0 Å². The first-order valence-electron chi connectivity index (χ1n) is 13.6. The molecule has 2 amide bonds. The van der Waals surface area contributed by atoms with Gasteiger partial charge in [-0.2, -0.15) is 0 Å². The molecule has 0 aliphatic heterocycles. The minimum Gasteiger partial charge on any atom is -0.352 e. The van der Waals surface area contributed by atoms with E-state index < -0.39 is 28.5 Å². The molecule has 3 rings (SSSR count). The molecular formula is C32H41N3O4S. The number of carbonyl (C=O) groups excluding carboxylic acids is 2. The Labute approximate surface area is 239 Å². The van der Waals surface area contributed by atoms with E-state index in [1.54, 1.807) is 43.3 Å². The molecule has 2 atom stereocenters. The monoisotopic (exact) mass is 563 g/mol. The van der Waals surface area contributed by atoms with Gasteiger partial charge >= 0.3 is 0 Å². The topological polar surface area (TPSA) is 86.8 Å². The van der Waals surface area contributed by atoms with Gasteiger partial charge in [0.1, 0.15) is 12.6 Å². The quantitative estimate of drug-likeness (QED) is 0.336. The van der Waals surface area contributed by atoms with E-state index in [0.717, 1.165) is 38.5 Å². The van der Waals surface area contributed by atoms with Gasteiger partial charge in [-0.1, -0.05) is 60.5 Å². The van der Waals surface area contributed by atoms with Crippen LogP contribution in [0.1, 0.15) is 55.0 Å². The van der Waals surface area contributed by atoms with Crippen molar-refractivity contribution in [1.82, 2.24) is 10.2 Å². The highest BCUT2D eigenvalue weighted by Gasteiger charge is 2.33. The zero-order valence-electron chi connectivity index (χ0n) is 24.6. The van der Waals surface area contributed by atoms with Crippen molar-refractivity contribution < 1.29 is 18.0 Å². The predicted molar refractivity (Wildman–Crippen MR) is 161 cm³/mol. The first kappa shape index (κ1) is 30.9. The van der Waals surface area contributed by atoms with Gasteiger partial charge in [0.2, 0.25) is 11.8 Å². The molecule has 0 saturated carbocycles. The smallest absolute Gasteiger partial charge is 0.264 e. The van der Waals surface area contributed by atoms with Crippen LogP contribution in [0.2, 0.25) is 0 Å². The van der Waals surface area contributed by atoms with Crippen molar-refractivity contribution in [1.29, 1.82) is 0 Å². The number of hydrogen-bond donors (Lipinski definition) is 1. The third-order valence-corrected chi connectivity index (χ3v) is 8.77. The Hall–Kier alpha value is -3.65. The second-order valence-electron chi connectivity index (χ2n) is 10.7. The van der Waals surface area contributed by atoms with Gasteiger partial charge in [-0.15, -0.1) is 0 Å². The zero-order chi connectivity index (χ0) is 29.6. The number of anilines is 1. The molecular weight excluding hydrogens is 522 g/mol. The summed E-state index contributed by atoms with van der Waals surface area (Å²) in [6.07, 6.45) is 0.750. The summed E-state index contributed by atoms with van der Waals surface area (Å²) in [7, 11) is -4.10. The number of sulfonamides is 1. The molecule has 3 aromatic carbocycles. The third-order valence-electron chi connectivity index (χ3n) is 6.99. The molecule has 0 bridgehead atoms. The van der Waals surface area contributed by atoms with Crippen LogP contribution in [-0.4, -0.2) is 43.8 Å². The number of benzene rings is 3. The number of amides is 2. The molecule has 0 unspecified atom stereocenters. The SMILES string of the molecule is CC[C@@H](C)NC(=O)[C@H](C)N(Cc1cccc(C)c1)C(=O)CN(c1cc(C)cc(C)c1)S(=O)(=O)c1ccc(C)cc1. The van der Waals surface area contributed by atoms with Gasteiger partial charge in [0.05, 0.1) is 10.6 Å². The van der Waals surface area contributed by atoms with Crippen LogP contribution in [0, 0.1) is 27.7 Å². The van der Waals surface area contributed by atoms with E-state index in [1.807, 2.05) is 71.9 Å². The lowest BCUT2D eigenvalue weighted by atomic mass is 10.1. The second kappa shape index (κ2) is 13.1. The fourth-order valence-corrected chi connectivity index (χ4v) is 5.91. The zero-order valence-corrected chi connectivity index (χ0v) is 25.4. The normalized spacial score (nSPS) is 12.9. The summed E-state index contributed by atoms with van der Waals surface area (Å²) in [5.74, 6) is -0.752. The Morgan fingerprint density at radius 2 is 1.45 bits per heavy atom. The lowest BCUT2D eigenvalue weighted by Crippen LogP contribution is -2.52. The number of nitrogens with one attached hydrogen (secondary N) is 1. The highest BCUT2D eigenvalue weighted by Crippen LogP contribution is 2.27. The molecule has 40 heavy (non-hydrogen) atoms. The minimum absolute atomic E-state index is 0.0560. The minimum atomic E-state index is -4.10. The Morgan fingerprint density at radius 3 is 2.02 bits per heavy atom. The van der Waals surface area contributed by atoms with Crippen LogP contribution < -0.4 is 9.62 Å².